The number of anilines is 1. The van der Waals surface area contributed by atoms with Gasteiger partial charge in [0.15, 0.2) is 0 Å². The van der Waals surface area contributed by atoms with Crippen LogP contribution in [0.3, 0.4) is 0 Å². The van der Waals surface area contributed by atoms with Crippen LogP contribution in [0.25, 0.3) is 0 Å². The summed E-state index contributed by atoms with van der Waals surface area (Å²) in [6, 6.07) is 13.2. The maximum Gasteiger partial charge on any atom is 0.253 e. The van der Waals surface area contributed by atoms with Gasteiger partial charge in [-0.15, -0.1) is 6.58 Å². The molecule has 0 aromatic heterocycles. The molecule has 0 radical (unpaired) electrons. The maximum atomic E-state index is 12.8. The van der Waals surface area contributed by atoms with Crippen LogP contribution in [-0.4, -0.2) is 49.4 Å². The van der Waals surface area contributed by atoms with Gasteiger partial charge in [-0.05, 0) is 55.3 Å². The van der Waals surface area contributed by atoms with Crippen LogP contribution in [0.1, 0.15) is 31.8 Å². The third kappa shape index (κ3) is 4.25. The Kier molecular flexibility index (Phi) is 6.14. The highest BCUT2D eigenvalue weighted by molar-refractivity contribution is 5.98. The zero-order valence-electron chi connectivity index (χ0n) is 16.6. The van der Waals surface area contributed by atoms with Gasteiger partial charge < -0.3 is 15.1 Å². The maximum absolute atomic E-state index is 12.8. The van der Waals surface area contributed by atoms with Gasteiger partial charge in [0.1, 0.15) is 0 Å². The van der Waals surface area contributed by atoms with Crippen LogP contribution in [0, 0.1) is 13.8 Å². The predicted molar refractivity (Wildman–Crippen MR) is 113 cm³/mol. The summed E-state index contributed by atoms with van der Waals surface area (Å²) in [6.45, 7) is 11.3. The molecule has 2 aromatic carbocycles. The summed E-state index contributed by atoms with van der Waals surface area (Å²) >= 11 is 0. The van der Waals surface area contributed by atoms with Gasteiger partial charge in [0.25, 0.3) is 11.8 Å². The lowest BCUT2D eigenvalue weighted by Crippen LogP contribution is -2.49. The number of carbonyl (C=O) groups excluding carboxylic acids is 2. The molecule has 0 atom stereocenters. The lowest BCUT2D eigenvalue weighted by atomic mass is 10.1. The minimum atomic E-state index is -0.166. The lowest BCUT2D eigenvalue weighted by Gasteiger charge is -2.37. The fourth-order valence-corrected chi connectivity index (χ4v) is 3.44. The van der Waals surface area contributed by atoms with E-state index in [1.165, 1.54) is 16.8 Å². The normalized spacial score (nSPS) is 13.9. The average Bonchev–Trinajstić information content (AvgIpc) is 2.73. The Hall–Kier alpha value is -3.08. The highest BCUT2D eigenvalue weighted by Crippen LogP contribution is 2.24. The first-order chi connectivity index (χ1) is 13.5. The molecule has 2 amide bonds. The summed E-state index contributed by atoms with van der Waals surface area (Å²) in [5.41, 5.74) is 4.99. The Bertz CT molecular complexity index is 866. The highest BCUT2D eigenvalue weighted by Gasteiger charge is 2.23. The molecule has 1 aliphatic heterocycles. The third-order valence-electron chi connectivity index (χ3n) is 5.28. The van der Waals surface area contributed by atoms with E-state index < -0.39 is 0 Å². The highest BCUT2D eigenvalue weighted by atomic mass is 16.2. The van der Waals surface area contributed by atoms with Gasteiger partial charge in [-0.25, -0.2) is 0 Å². The number of carbonyl (C=O) groups is 2. The first-order valence-electron chi connectivity index (χ1n) is 9.61. The summed E-state index contributed by atoms with van der Waals surface area (Å²) in [4.78, 5) is 29.0. The lowest BCUT2D eigenvalue weighted by molar-refractivity contribution is 0.0746. The zero-order chi connectivity index (χ0) is 20.1. The minimum absolute atomic E-state index is 0.0127. The van der Waals surface area contributed by atoms with Gasteiger partial charge in [0, 0.05) is 49.5 Å². The number of hydrogen-bond acceptors (Lipinski definition) is 3. The van der Waals surface area contributed by atoms with Gasteiger partial charge in [-0.1, -0.05) is 18.2 Å². The third-order valence-corrected chi connectivity index (χ3v) is 5.28. The topological polar surface area (TPSA) is 52.7 Å². The number of benzene rings is 2. The van der Waals surface area contributed by atoms with Crippen LogP contribution in [0.2, 0.25) is 0 Å². The molecule has 5 heteroatoms. The van der Waals surface area contributed by atoms with Crippen LogP contribution in [0.15, 0.2) is 55.1 Å². The molecular weight excluding hydrogens is 350 g/mol. The van der Waals surface area contributed by atoms with E-state index in [-0.39, 0.29) is 11.8 Å². The van der Waals surface area contributed by atoms with Crippen LogP contribution >= 0.6 is 0 Å². The Balaban J connectivity index is 1.61. The molecule has 1 aliphatic rings. The van der Waals surface area contributed by atoms with Gasteiger partial charge >= 0.3 is 0 Å². The van der Waals surface area contributed by atoms with Gasteiger partial charge in [0.2, 0.25) is 0 Å². The second-order valence-electron chi connectivity index (χ2n) is 7.07. The van der Waals surface area contributed by atoms with Crippen LogP contribution < -0.4 is 10.2 Å². The van der Waals surface area contributed by atoms with E-state index in [4.69, 9.17) is 0 Å². The van der Waals surface area contributed by atoms with Gasteiger partial charge in [0.05, 0.1) is 0 Å². The zero-order valence-corrected chi connectivity index (χ0v) is 16.6. The number of nitrogens with zero attached hydrogens (tertiary/aromatic N) is 2. The first kappa shape index (κ1) is 19.7. The number of hydrogen-bond donors (Lipinski definition) is 1. The molecule has 2 aromatic rings. The van der Waals surface area contributed by atoms with E-state index in [1.54, 1.807) is 30.3 Å². The fraction of sp³-hybridized carbons (Fsp3) is 0.304. The van der Waals surface area contributed by atoms with E-state index in [0.717, 1.165) is 13.1 Å². The Morgan fingerprint density at radius 2 is 1.64 bits per heavy atom. The molecule has 1 heterocycles. The van der Waals surface area contributed by atoms with Crippen molar-refractivity contribution in [2.45, 2.75) is 13.8 Å². The molecule has 28 heavy (non-hydrogen) atoms. The van der Waals surface area contributed by atoms with E-state index in [9.17, 15) is 9.59 Å². The van der Waals surface area contributed by atoms with Crippen molar-refractivity contribution in [1.29, 1.82) is 0 Å². The number of amides is 2. The van der Waals surface area contributed by atoms with Crippen LogP contribution in [-0.2, 0) is 0 Å². The Labute approximate surface area is 166 Å². The molecule has 0 unspecified atom stereocenters. The van der Waals surface area contributed by atoms with Crippen molar-refractivity contribution in [2.24, 2.45) is 0 Å². The molecule has 146 valence electrons. The molecule has 3 rings (SSSR count). The molecule has 5 nitrogen and oxygen atoms in total. The average molecular weight is 377 g/mol. The Morgan fingerprint density at radius 1 is 1.00 bits per heavy atom. The summed E-state index contributed by atoms with van der Waals surface area (Å²) in [6.07, 6.45) is 1.63. The van der Waals surface area contributed by atoms with Crippen molar-refractivity contribution >= 4 is 17.5 Å². The predicted octanol–water partition coefficient (Wildman–Crippen LogP) is 3.18. The standard InChI is InChI=1S/C23H27N3O2/c1-4-12-24-22(27)19-8-10-20(11-9-19)23(28)26-15-13-25(14-16-26)21-7-5-6-17(2)18(21)3/h4-11H,1,12-16H2,2-3H3,(H,24,27). The molecule has 0 saturated carbocycles. The van der Waals surface area contributed by atoms with Crippen LogP contribution in [0.5, 0.6) is 0 Å². The molecule has 1 fully saturated rings. The first-order valence-corrected chi connectivity index (χ1v) is 9.61. The second-order valence-corrected chi connectivity index (χ2v) is 7.07. The van der Waals surface area contributed by atoms with Crippen molar-refractivity contribution in [3.63, 3.8) is 0 Å². The van der Waals surface area contributed by atoms with E-state index in [1.807, 2.05) is 4.90 Å². The minimum Gasteiger partial charge on any atom is -0.368 e. The van der Waals surface area contributed by atoms with Crippen molar-refractivity contribution in [3.8, 4) is 0 Å². The summed E-state index contributed by atoms with van der Waals surface area (Å²) < 4.78 is 0. The van der Waals surface area contributed by atoms with Gasteiger partial charge in [-0.2, -0.15) is 0 Å². The monoisotopic (exact) mass is 377 g/mol. The van der Waals surface area contributed by atoms with Crippen molar-refractivity contribution in [3.05, 3.63) is 77.4 Å². The second kappa shape index (κ2) is 8.74. The van der Waals surface area contributed by atoms with Crippen LogP contribution in [0.4, 0.5) is 5.69 Å². The molecule has 0 bridgehead atoms. The van der Waals surface area contributed by atoms with E-state index in [0.29, 0.717) is 30.8 Å². The molecule has 1 saturated heterocycles. The van der Waals surface area contributed by atoms with E-state index >= 15 is 0 Å². The number of aryl methyl sites for hydroxylation is 1. The molecule has 1 N–H and O–H groups in total. The van der Waals surface area contributed by atoms with E-state index in [2.05, 4.69) is 48.8 Å². The van der Waals surface area contributed by atoms with Crippen molar-refractivity contribution in [2.75, 3.05) is 37.6 Å². The van der Waals surface area contributed by atoms with Gasteiger partial charge in [-0.3, -0.25) is 9.59 Å². The molecule has 0 spiro atoms. The number of piperazine rings is 1. The Morgan fingerprint density at radius 3 is 2.29 bits per heavy atom. The largest absolute Gasteiger partial charge is 0.368 e. The SMILES string of the molecule is C=CCNC(=O)c1ccc(C(=O)N2CCN(c3cccc(C)c3C)CC2)cc1. The smallest absolute Gasteiger partial charge is 0.253 e. The molecular formula is C23H27N3O2. The van der Waals surface area contributed by atoms with Crippen molar-refractivity contribution in [1.82, 2.24) is 10.2 Å². The number of rotatable bonds is 5. The number of nitrogens with one attached hydrogen (secondary N) is 1. The fourth-order valence-electron chi connectivity index (χ4n) is 3.44. The summed E-state index contributed by atoms with van der Waals surface area (Å²) in [7, 11) is 0. The summed E-state index contributed by atoms with van der Waals surface area (Å²) in [5, 5.41) is 2.73. The summed E-state index contributed by atoms with van der Waals surface area (Å²) in [5.74, 6) is -0.153. The quantitative estimate of drug-likeness (QED) is 0.815. The van der Waals surface area contributed by atoms with Crippen molar-refractivity contribution < 1.29 is 9.59 Å². The molecule has 0 aliphatic carbocycles.